The van der Waals surface area contributed by atoms with Gasteiger partial charge < -0.3 is 4.74 Å². The Morgan fingerprint density at radius 1 is 1.22 bits per heavy atom. The van der Waals surface area contributed by atoms with Crippen molar-refractivity contribution in [2.24, 2.45) is 0 Å². The van der Waals surface area contributed by atoms with Crippen molar-refractivity contribution in [2.75, 3.05) is 6.61 Å². The lowest BCUT2D eigenvalue weighted by molar-refractivity contribution is -0.154. The van der Waals surface area contributed by atoms with E-state index in [0.717, 1.165) is 31.2 Å². The van der Waals surface area contributed by atoms with E-state index in [4.69, 9.17) is 4.74 Å². The van der Waals surface area contributed by atoms with Crippen LogP contribution < -0.4 is 4.74 Å². The Hall–Kier alpha value is -1.26. The summed E-state index contributed by atoms with van der Waals surface area (Å²) in [6.07, 6.45) is 2.62. The summed E-state index contributed by atoms with van der Waals surface area (Å²) < 4.78 is 41.3. The van der Waals surface area contributed by atoms with Crippen LogP contribution in [0.25, 0.3) is 0 Å². The first-order valence-electron chi connectivity index (χ1n) is 6.21. The molecule has 0 aromatic carbocycles. The zero-order valence-electron chi connectivity index (χ0n) is 10.0. The summed E-state index contributed by atoms with van der Waals surface area (Å²) in [6, 6.07) is 3.58. The third-order valence-electron chi connectivity index (χ3n) is 3.22. The molecule has 1 saturated carbocycles. The topological polar surface area (TPSA) is 22.1 Å². The van der Waals surface area contributed by atoms with Gasteiger partial charge in [0.1, 0.15) is 0 Å². The first-order chi connectivity index (χ1) is 8.56. The zero-order valence-corrected chi connectivity index (χ0v) is 10.0. The maximum Gasteiger partial charge on any atom is 0.422 e. The molecular formula is C13H16F3NO. The number of ether oxygens (including phenoxy) is 1. The molecule has 0 bridgehead atoms. The van der Waals surface area contributed by atoms with Gasteiger partial charge in [0.25, 0.3) is 0 Å². The van der Waals surface area contributed by atoms with Gasteiger partial charge in [-0.1, -0.05) is 25.3 Å². The number of halogens is 3. The summed E-state index contributed by atoms with van der Waals surface area (Å²) in [4.78, 5) is 3.93. The largest absolute Gasteiger partial charge is 0.468 e. The number of pyridine rings is 1. The fraction of sp³-hybridized carbons (Fsp3) is 0.615. The van der Waals surface area contributed by atoms with Crippen LogP contribution in [0.5, 0.6) is 5.88 Å². The highest BCUT2D eigenvalue weighted by Gasteiger charge is 2.29. The fourth-order valence-electron chi connectivity index (χ4n) is 2.40. The van der Waals surface area contributed by atoms with Crippen LogP contribution in [0.4, 0.5) is 13.2 Å². The average molecular weight is 259 g/mol. The molecule has 1 aromatic rings. The van der Waals surface area contributed by atoms with Gasteiger partial charge in [0.15, 0.2) is 6.61 Å². The van der Waals surface area contributed by atoms with E-state index >= 15 is 0 Å². The highest BCUT2D eigenvalue weighted by molar-refractivity contribution is 5.29. The fourth-order valence-corrected chi connectivity index (χ4v) is 2.40. The molecule has 18 heavy (non-hydrogen) atoms. The number of alkyl halides is 3. The van der Waals surface area contributed by atoms with E-state index in [1.54, 1.807) is 6.07 Å². The van der Waals surface area contributed by atoms with E-state index in [2.05, 4.69) is 4.98 Å². The quantitative estimate of drug-likeness (QED) is 0.816. The average Bonchev–Trinajstić information content (AvgIpc) is 2.37. The molecule has 1 aliphatic rings. The van der Waals surface area contributed by atoms with Gasteiger partial charge >= 0.3 is 6.18 Å². The predicted octanol–water partition coefficient (Wildman–Crippen LogP) is 4.07. The molecule has 2 rings (SSSR count). The van der Waals surface area contributed by atoms with Crippen LogP contribution in [0.15, 0.2) is 18.3 Å². The highest BCUT2D eigenvalue weighted by atomic mass is 19.4. The second-order valence-electron chi connectivity index (χ2n) is 4.64. The number of rotatable bonds is 3. The molecular weight excluding hydrogens is 243 g/mol. The summed E-state index contributed by atoms with van der Waals surface area (Å²) in [5.74, 6) is 0.428. The Labute approximate surface area is 104 Å². The van der Waals surface area contributed by atoms with Crippen molar-refractivity contribution in [3.05, 3.63) is 23.9 Å². The molecule has 0 spiro atoms. The molecule has 0 aliphatic heterocycles. The van der Waals surface area contributed by atoms with Crippen LogP contribution in [0.1, 0.15) is 43.6 Å². The Balaban J connectivity index is 2.09. The molecule has 2 nitrogen and oxygen atoms in total. The van der Waals surface area contributed by atoms with Crippen molar-refractivity contribution in [3.8, 4) is 5.88 Å². The van der Waals surface area contributed by atoms with Crippen LogP contribution in [0.3, 0.4) is 0 Å². The molecule has 0 N–H and O–H groups in total. The molecule has 5 heteroatoms. The first-order valence-corrected chi connectivity index (χ1v) is 6.21. The van der Waals surface area contributed by atoms with E-state index in [9.17, 15) is 13.2 Å². The first kappa shape index (κ1) is 13.2. The third-order valence-corrected chi connectivity index (χ3v) is 3.22. The molecule has 0 unspecified atom stereocenters. The van der Waals surface area contributed by atoms with Crippen LogP contribution >= 0.6 is 0 Å². The number of hydrogen-bond acceptors (Lipinski definition) is 2. The molecule has 1 heterocycles. The van der Waals surface area contributed by atoms with Crippen LogP contribution in [0.2, 0.25) is 0 Å². The van der Waals surface area contributed by atoms with Gasteiger partial charge in [-0.15, -0.1) is 0 Å². The van der Waals surface area contributed by atoms with E-state index in [-0.39, 0.29) is 11.8 Å². The number of aromatic nitrogens is 1. The molecule has 0 amide bonds. The summed E-state index contributed by atoms with van der Waals surface area (Å²) in [5.41, 5.74) is 0.821. The van der Waals surface area contributed by atoms with E-state index in [1.165, 1.54) is 12.6 Å². The summed E-state index contributed by atoms with van der Waals surface area (Å²) in [7, 11) is 0. The Morgan fingerprint density at radius 2 is 1.94 bits per heavy atom. The van der Waals surface area contributed by atoms with E-state index in [0.29, 0.717) is 0 Å². The normalized spacial score (nSPS) is 17.7. The number of hydrogen-bond donors (Lipinski definition) is 0. The Morgan fingerprint density at radius 3 is 2.61 bits per heavy atom. The van der Waals surface area contributed by atoms with Gasteiger partial charge in [0.05, 0.1) is 0 Å². The highest BCUT2D eigenvalue weighted by Crippen LogP contribution is 2.36. The van der Waals surface area contributed by atoms with Crippen molar-refractivity contribution < 1.29 is 17.9 Å². The van der Waals surface area contributed by atoms with E-state index in [1.807, 2.05) is 6.07 Å². The van der Waals surface area contributed by atoms with Crippen LogP contribution in [0, 0.1) is 0 Å². The second kappa shape index (κ2) is 5.59. The Kier molecular flexibility index (Phi) is 4.09. The van der Waals surface area contributed by atoms with E-state index < -0.39 is 12.8 Å². The predicted molar refractivity (Wildman–Crippen MR) is 61.6 cm³/mol. The zero-order chi connectivity index (χ0) is 13.0. The molecule has 0 saturated heterocycles. The van der Waals surface area contributed by atoms with Crippen LogP contribution in [-0.2, 0) is 0 Å². The van der Waals surface area contributed by atoms with Crippen molar-refractivity contribution in [1.82, 2.24) is 4.98 Å². The lowest BCUT2D eigenvalue weighted by Gasteiger charge is -2.23. The smallest absolute Gasteiger partial charge is 0.422 e. The number of nitrogens with zero attached hydrogens (tertiary/aromatic N) is 1. The van der Waals surface area contributed by atoms with Crippen molar-refractivity contribution in [1.29, 1.82) is 0 Å². The third kappa shape index (κ3) is 3.62. The SMILES string of the molecule is FC(F)(F)COc1ncccc1C1CCCCC1. The molecule has 1 fully saturated rings. The maximum absolute atomic E-state index is 12.2. The summed E-state index contributed by atoms with van der Waals surface area (Å²) >= 11 is 0. The van der Waals surface area contributed by atoms with Gasteiger partial charge in [-0.25, -0.2) is 4.98 Å². The van der Waals surface area contributed by atoms with Gasteiger partial charge in [0.2, 0.25) is 5.88 Å². The summed E-state index contributed by atoms with van der Waals surface area (Å²) in [6.45, 7) is -1.27. The maximum atomic E-state index is 12.2. The van der Waals surface area contributed by atoms with Gasteiger partial charge in [-0.3, -0.25) is 0 Å². The molecule has 100 valence electrons. The second-order valence-corrected chi connectivity index (χ2v) is 4.64. The van der Waals surface area contributed by atoms with Gasteiger partial charge in [-0.05, 0) is 24.8 Å². The monoisotopic (exact) mass is 259 g/mol. The molecule has 1 aliphatic carbocycles. The molecule has 1 aromatic heterocycles. The standard InChI is InChI=1S/C13H16F3NO/c14-13(15,16)9-18-12-11(7-4-8-17-12)10-5-2-1-3-6-10/h4,7-8,10H,1-3,5-6,9H2. The van der Waals surface area contributed by atoms with Gasteiger partial charge in [-0.2, -0.15) is 13.2 Å². The minimum Gasteiger partial charge on any atom is -0.468 e. The molecule has 0 atom stereocenters. The van der Waals surface area contributed by atoms with Crippen LogP contribution in [-0.4, -0.2) is 17.8 Å². The lowest BCUT2D eigenvalue weighted by Crippen LogP contribution is -2.20. The molecule has 0 radical (unpaired) electrons. The minimum atomic E-state index is -4.32. The van der Waals surface area contributed by atoms with Crippen molar-refractivity contribution in [2.45, 2.75) is 44.2 Å². The van der Waals surface area contributed by atoms with Crippen molar-refractivity contribution in [3.63, 3.8) is 0 Å². The summed E-state index contributed by atoms with van der Waals surface area (Å²) in [5, 5.41) is 0. The van der Waals surface area contributed by atoms with Gasteiger partial charge in [0, 0.05) is 11.8 Å². The van der Waals surface area contributed by atoms with Crippen molar-refractivity contribution >= 4 is 0 Å². The Bertz CT molecular complexity index is 386. The minimum absolute atomic E-state index is 0.140. The lowest BCUT2D eigenvalue weighted by atomic mass is 9.84.